The van der Waals surface area contributed by atoms with Crippen molar-refractivity contribution in [1.29, 1.82) is 5.26 Å². The minimum Gasteiger partial charge on any atom is -0.382 e. The predicted octanol–water partition coefficient (Wildman–Crippen LogP) is 4.78. The molecule has 0 spiro atoms. The third kappa shape index (κ3) is 4.16. The molecule has 0 fully saturated rings. The zero-order valence-electron chi connectivity index (χ0n) is 14.2. The van der Waals surface area contributed by atoms with E-state index in [9.17, 15) is 5.26 Å². The SMILES string of the molecule is Cc1ccccc1CSc1nc(N)c(C#N)c(Cc2ccccc2Cl)n1. The van der Waals surface area contributed by atoms with Crippen LogP contribution in [0.25, 0.3) is 0 Å². The Kier molecular flexibility index (Phi) is 5.77. The zero-order valence-corrected chi connectivity index (χ0v) is 15.8. The summed E-state index contributed by atoms with van der Waals surface area (Å²) in [6.07, 6.45) is 0.438. The molecule has 2 aromatic carbocycles. The number of halogens is 1. The van der Waals surface area contributed by atoms with Gasteiger partial charge in [-0.1, -0.05) is 65.8 Å². The Hall–Kier alpha value is -2.55. The third-order valence-electron chi connectivity index (χ3n) is 4.04. The number of thioether (sulfide) groups is 1. The lowest BCUT2D eigenvalue weighted by Gasteiger charge is -2.10. The number of nitrogens with two attached hydrogens (primary N) is 1. The van der Waals surface area contributed by atoms with Crippen LogP contribution >= 0.6 is 23.4 Å². The Morgan fingerprint density at radius 1 is 1.08 bits per heavy atom. The molecule has 3 rings (SSSR count). The molecule has 26 heavy (non-hydrogen) atoms. The topological polar surface area (TPSA) is 75.6 Å². The van der Waals surface area contributed by atoms with E-state index in [1.165, 1.54) is 22.9 Å². The molecule has 6 heteroatoms. The fraction of sp³-hybridized carbons (Fsp3) is 0.150. The molecule has 2 N–H and O–H groups in total. The molecular formula is C20H17ClN4S. The Morgan fingerprint density at radius 2 is 1.77 bits per heavy atom. The van der Waals surface area contributed by atoms with Gasteiger partial charge in [-0.15, -0.1) is 0 Å². The maximum Gasteiger partial charge on any atom is 0.190 e. The number of hydrogen-bond donors (Lipinski definition) is 1. The van der Waals surface area contributed by atoms with Crippen LogP contribution in [-0.4, -0.2) is 9.97 Å². The maximum absolute atomic E-state index is 9.43. The van der Waals surface area contributed by atoms with E-state index >= 15 is 0 Å². The molecule has 0 aliphatic heterocycles. The van der Waals surface area contributed by atoms with Crippen molar-refractivity contribution in [2.24, 2.45) is 0 Å². The lowest BCUT2D eigenvalue weighted by atomic mass is 10.1. The summed E-state index contributed by atoms with van der Waals surface area (Å²) in [5.41, 5.74) is 10.3. The van der Waals surface area contributed by atoms with Crippen LogP contribution in [0.4, 0.5) is 5.82 Å². The number of anilines is 1. The number of hydrogen-bond acceptors (Lipinski definition) is 5. The minimum absolute atomic E-state index is 0.205. The number of rotatable bonds is 5. The van der Waals surface area contributed by atoms with Gasteiger partial charge in [0.2, 0.25) is 0 Å². The first-order chi connectivity index (χ1) is 12.6. The van der Waals surface area contributed by atoms with Gasteiger partial charge in [-0.05, 0) is 29.7 Å². The molecule has 0 amide bonds. The summed E-state index contributed by atoms with van der Waals surface area (Å²) in [6.45, 7) is 2.08. The van der Waals surface area contributed by atoms with Crippen molar-refractivity contribution in [2.75, 3.05) is 5.73 Å². The van der Waals surface area contributed by atoms with Crippen molar-refractivity contribution >= 4 is 29.2 Å². The number of aryl methyl sites for hydroxylation is 1. The predicted molar refractivity (Wildman–Crippen MR) is 106 cm³/mol. The monoisotopic (exact) mass is 380 g/mol. The van der Waals surface area contributed by atoms with Gasteiger partial charge in [-0.2, -0.15) is 5.26 Å². The maximum atomic E-state index is 9.43. The van der Waals surface area contributed by atoms with Gasteiger partial charge in [0.25, 0.3) is 0 Å². The average Bonchev–Trinajstić information content (AvgIpc) is 2.63. The second-order valence-electron chi connectivity index (χ2n) is 5.81. The first-order valence-electron chi connectivity index (χ1n) is 8.05. The highest BCUT2D eigenvalue weighted by molar-refractivity contribution is 7.98. The summed E-state index contributed by atoms with van der Waals surface area (Å²) < 4.78 is 0. The van der Waals surface area contributed by atoms with Gasteiger partial charge in [-0.3, -0.25) is 0 Å². The summed E-state index contributed by atoms with van der Waals surface area (Å²) in [6, 6.07) is 17.8. The van der Waals surface area contributed by atoms with Crippen LogP contribution in [0.15, 0.2) is 53.7 Å². The summed E-state index contributed by atoms with van der Waals surface area (Å²) >= 11 is 7.75. The number of benzene rings is 2. The molecular weight excluding hydrogens is 364 g/mol. The summed E-state index contributed by atoms with van der Waals surface area (Å²) in [7, 11) is 0. The quantitative estimate of drug-likeness (QED) is 0.509. The Morgan fingerprint density at radius 3 is 2.46 bits per heavy atom. The smallest absolute Gasteiger partial charge is 0.190 e. The van der Waals surface area contributed by atoms with E-state index in [1.54, 1.807) is 0 Å². The fourth-order valence-electron chi connectivity index (χ4n) is 2.55. The fourth-order valence-corrected chi connectivity index (χ4v) is 3.70. The van der Waals surface area contributed by atoms with Crippen LogP contribution < -0.4 is 5.73 Å². The zero-order chi connectivity index (χ0) is 18.5. The molecule has 0 atom stereocenters. The van der Waals surface area contributed by atoms with E-state index in [0.29, 0.717) is 27.9 Å². The molecule has 0 aliphatic carbocycles. The van der Waals surface area contributed by atoms with Crippen LogP contribution in [0.5, 0.6) is 0 Å². The highest BCUT2D eigenvalue weighted by Gasteiger charge is 2.14. The van der Waals surface area contributed by atoms with E-state index < -0.39 is 0 Å². The molecule has 4 nitrogen and oxygen atoms in total. The summed E-state index contributed by atoms with van der Waals surface area (Å²) in [4.78, 5) is 8.86. The molecule has 0 saturated heterocycles. The molecule has 0 aliphatic rings. The van der Waals surface area contributed by atoms with Gasteiger partial charge < -0.3 is 5.73 Å². The molecule has 0 unspecified atom stereocenters. The van der Waals surface area contributed by atoms with Crippen LogP contribution in [0, 0.1) is 18.3 Å². The highest BCUT2D eigenvalue weighted by Crippen LogP contribution is 2.26. The van der Waals surface area contributed by atoms with Crippen molar-refractivity contribution in [2.45, 2.75) is 24.3 Å². The van der Waals surface area contributed by atoms with Crippen LogP contribution in [0.3, 0.4) is 0 Å². The Labute approximate surface area is 162 Å². The lowest BCUT2D eigenvalue weighted by Crippen LogP contribution is -2.06. The van der Waals surface area contributed by atoms with Crippen molar-refractivity contribution in [3.8, 4) is 6.07 Å². The summed E-state index contributed by atoms with van der Waals surface area (Å²) in [5, 5.41) is 10.6. The molecule has 3 aromatic rings. The number of nitriles is 1. The summed E-state index contributed by atoms with van der Waals surface area (Å²) in [5.74, 6) is 0.945. The first kappa shape index (κ1) is 18.2. The normalized spacial score (nSPS) is 10.5. The van der Waals surface area contributed by atoms with E-state index in [0.717, 1.165) is 11.3 Å². The minimum atomic E-state index is 0.205. The number of nitrogen functional groups attached to an aromatic ring is 1. The van der Waals surface area contributed by atoms with Gasteiger partial charge in [0, 0.05) is 17.2 Å². The Balaban J connectivity index is 1.88. The second-order valence-corrected chi connectivity index (χ2v) is 7.16. The van der Waals surface area contributed by atoms with Gasteiger partial charge >= 0.3 is 0 Å². The third-order valence-corrected chi connectivity index (χ3v) is 5.30. The van der Waals surface area contributed by atoms with E-state index in [4.69, 9.17) is 17.3 Å². The van der Waals surface area contributed by atoms with Crippen molar-refractivity contribution < 1.29 is 0 Å². The van der Waals surface area contributed by atoms with Crippen LogP contribution in [0.2, 0.25) is 5.02 Å². The first-order valence-corrected chi connectivity index (χ1v) is 9.42. The molecule has 130 valence electrons. The van der Waals surface area contributed by atoms with Crippen LogP contribution in [-0.2, 0) is 12.2 Å². The molecule has 1 aromatic heterocycles. The van der Waals surface area contributed by atoms with E-state index in [-0.39, 0.29) is 5.82 Å². The van der Waals surface area contributed by atoms with E-state index in [2.05, 4.69) is 35.1 Å². The number of nitrogens with zero attached hydrogens (tertiary/aromatic N) is 3. The molecule has 0 saturated carbocycles. The van der Waals surface area contributed by atoms with Gasteiger partial charge in [0.05, 0.1) is 5.69 Å². The molecule has 0 bridgehead atoms. The van der Waals surface area contributed by atoms with E-state index in [1.807, 2.05) is 36.4 Å². The van der Waals surface area contributed by atoms with Crippen molar-refractivity contribution in [1.82, 2.24) is 9.97 Å². The lowest BCUT2D eigenvalue weighted by molar-refractivity contribution is 0.902. The highest BCUT2D eigenvalue weighted by atomic mass is 35.5. The van der Waals surface area contributed by atoms with Crippen LogP contribution in [0.1, 0.15) is 27.9 Å². The van der Waals surface area contributed by atoms with Crippen molar-refractivity contribution in [3.05, 3.63) is 81.5 Å². The van der Waals surface area contributed by atoms with Crippen molar-refractivity contribution in [3.63, 3.8) is 0 Å². The van der Waals surface area contributed by atoms with Gasteiger partial charge in [0.1, 0.15) is 17.5 Å². The number of aromatic nitrogens is 2. The van der Waals surface area contributed by atoms with Gasteiger partial charge in [0.15, 0.2) is 5.16 Å². The Bertz CT molecular complexity index is 982. The standard InChI is InChI=1S/C20H17ClN4S/c1-13-6-2-3-8-15(13)12-26-20-24-18(16(11-22)19(23)25-20)10-14-7-4-5-9-17(14)21/h2-9H,10,12H2,1H3,(H2,23,24,25). The molecule has 1 heterocycles. The average molecular weight is 381 g/mol. The largest absolute Gasteiger partial charge is 0.382 e. The van der Waals surface area contributed by atoms with Gasteiger partial charge in [-0.25, -0.2) is 9.97 Å². The molecule has 0 radical (unpaired) electrons. The second kappa shape index (κ2) is 8.22.